The molecule has 3 aliphatic carbocycles. The molecule has 1 heteroatoms. The number of rotatable bonds is 4. The van der Waals surface area contributed by atoms with Gasteiger partial charge in [-0.3, -0.25) is 0 Å². The lowest BCUT2D eigenvalue weighted by atomic mass is 9.69. The van der Waals surface area contributed by atoms with E-state index in [1.165, 1.54) is 77.9 Å². The fraction of sp³-hybridized carbons (Fsp3) is 0.0769. The Kier molecular flexibility index (Phi) is 6.29. The van der Waals surface area contributed by atoms with Crippen LogP contribution in [0.2, 0.25) is 0 Å². The zero-order chi connectivity index (χ0) is 35.3. The summed E-state index contributed by atoms with van der Waals surface area (Å²) in [5, 5.41) is 0. The Bertz CT molecular complexity index is 2700. The third kappa shape index (κ3) is 4.02. The van der Waals surface area contributed by atoms with E-state index in [0.29, 0.717) is 0 Å². The van der Waals surface area contributed by atoms with Gasteiger partial charge in [0.2, 0.25) is 0 Å². The molecule has 1 unspecified atom stereocenters. The maximum absolute atomic E-state index is 2.49. The van der Waals surface area contributed by atoms with E-state index in [-0.39, 0.29) is 5.41 Å². The second-order valence-electron chi connectivity index (χ2n) is 15.2. The topological polar surface area (TPSA) is 3.24 Å². The molecule has 0 radical (unpaired) electrons. The highest BCUT2D eigenvalue weighted by molar-refractivity contribution is 6.03. The lowest BCUT2D eigenvalue weighted by Gasteiger charge is -2.31. The van der Waals surface area contributed by atoms with Gasteiger partial charge in [-0.2, -0.15) is 0 Å². The highest BCUT2D eigenvalue weighted by Crippen LogP contribution is 2.66. The first-order valence-corrected chi connectivity index (χ1v) is 18.7. The number of benzene rings is 8. The van der Waals surface area contributed by atoms with Crippen molar-refractivity contribution in [2.24, 2.45) is 0 Å². The molecular formula is C52H37N. The molecule has 0 aliphatic heterocycles. The highest BCUT2D eigenvalue weighted by atomic mass is 15.1. The van der Waals surface area contributed by atoms with E-state index < -0.39 is 5.41 Å². The minimum atomic E-state index is -0.415. The van der Waals surface area contributed by atoms with Crippen molar-refractivity contribution in [2.75, 3.05) is 4.90 Å². The maximum atomic E-state index is 2.49. The molecule has 0 amide bonds. The van der Waals surface area contributed by atoms with Crippen molar-refractivity contribution in [3.8, 4) is 44.5 Å². The number of anilines is 3. The van der Waals surface area contributed by atoms with Gasteiger partial charge in [0, 0.05) is 22.5 Å². The number of hydrogen-bond acceptors (Lipinski definition) is 1. The largest absolute Gasteiger partial charge is 0.311 e. The first-order valence-electron chi connectivity index (χ1n) is 18.7. The Morgan fingerprint density at radius 3 is 1.43 bits per heavy atom. The highest BCUT2D eigenvalue weighted by Gasteiger charge is 2.53. The Balaban J connectivity index is 1.11. The summed E-state index contributed by atoms with van der Waals surface area (Å²) < 4.78 is 0. The van der Waals surface area contributed by atoms with E-state index in [1.807, 2.05) is 0 Å². The lowest BCUT2D eigenvalue weighted by Crippen LogP contribution is -2.26. The summed E-state index contributed by atoms with van der Waals surface area (Å²) in [4.78, 5) is 2.32. The van der Waals surface area contributed by atoms with Gasteiger partial charge in [0.1, 0.15) is 0 Å². The summed E-state index contributed by atoms with van der Waals surface area (Å²) in [7, 11) is 0. The molecule has 53 heavy (non-hydrogen) atoms. The van der Waals surface area contributed by atoms with Crippen molar-refractivity contribution in [3.63, 3.8) is 0 Å². The molecule has 0 fully saturated rings. The van der Waals surface area contributed by atoms with Crippen molar-refractivity contribution in [1.82, 2.24) is 0 Å². The van der Waals surface area contributed by atoms with Crippen LogP contribution in [0, 0.1) is 0 Å². The fourth-order valence-electron chi connectivity index (χ4n) is 10.0. The molecule has 0 N–H and O–H groups in total. The normalized spacial score (nSPS) is 16.3. The van der Waals surface area contributed by atoms with Gasteiger partial charge in [-0.1, -0.05) is 159 Å². The molecular weight excluding hydrogens is 639 g/mol. The van der Waals surface area contributed by atoms with Crippen LogP contribution >= 0.6 is 0 Å². The zero-order valence-electron chi connectivity index (χ0n) is 29.8. The summed E-state index contributed by atoms with van der Waals surface area (Å²) in [6, 6.07) is 69.8. The molecule has 8 aromatic rings. The standard InChI is InChI=1S/C52H37N/c1-51(2)43-22-12-10-20-41(43)49-46(51)31-32-47-50(49)42-21-11-14-24-45(42)52(47)44-23-13-9-19-39(44)40-30-27-35(33-48(40)52)34-25-28-38(29-26-34)53(36-15-5-3-6-16-36)37-17-7-4-8-18-37/h3-33H,1-2H3. The molecule has 0 heterocycles. The third-order valence-corrected chi connectivity index (χ3v) is 12.3. The van der Waals surface area contributed by atoms with Crippen LogP contribution in [-0.2, 0) is 10.8 Å². The summed E-state index contributed by atoms with van der Waals surface area (Å²) in [5.74, 6) is 0. The summed E-state index contributed by atoms with van der Waals surface area (Å²) in [5.41, 5.74) is 21.9. The average Bonchev–Trinajstić information content (AvgIpc) is 3.77. The number of para-hydroxylation sites is 2. The van der Waals surface area contributed by atoms with Crippen molar-refractivity contribution in [3.05, 3.63) is 221 Å². The molecule has 8 aromatic carbocycles. The number of hydrogen-bond donors (Lipinski definition) is 0. The van der Waals surface area contributed by atoms with Crippen molar-refractivity contribution < 1.29 is 0 Å². The summed E-state index contributed by atoms with van der Waals surface area (Å²) in [6.45, 7) is 4.77. The Morgan fingerprint density at radius 1 is 0.321 bits per heavy atom. The molecule has 1 nitrogen and oxygen atoms in total. The zero-order valence-corrected chi connectivity index (χ0v) is 29.8. The second kappa shape index (κ2) is 11.0. The molecule has 250 valence electrons. The molecule has 1 spiro atoms. The van der Waals surface area contributed by atoms with E-state index in [9.17, 15) is 0 Å². The van der Waals surface area contributed by atoms with E-state index in [1.54, 1.807) is 0 Å². The predicted molar refractivity (Wildman–Crippen MR) is 220 cm³/mol. The van der Waals surface area contributed by atoms with Gasteiger partial charge in [-0.05, 0) is 120 Å². The maximum Gasteiger partial charge on any atom is 0.0725 e. The summed E-state index contributed by atoms with van der Waals surface area (Å²) >= 11 is 0. The van der Waals surface area contributed by atoms with Gasteiger partial charge < -0.3 is 4.90 Å². The summed E-state index contributed by atoms with van der Waals surface area (Å²) in [6.07, 6.45) is 0. The molecule has 11 rings (SSSR count). The van der Waals surface area contributed by atoms with Crippen LogP contribution < -0.4 is 4.90 Å². The fourth-order valence-corrected chi connectivity index (χ4v) is 10.0. The van der Waals surface area contributed by atoms with Crippen LogP contribution in [0.3, 0.4) is 0 Å². The van der Waals surface area contributed by atoms with Crippen LogP contribution in [0.4, 0.5) is 17.1 Å². The van der Waals surface area contributed by atoms with E-state index in [0.717, 1.165) is 17.1 Å². The molecule has 3 aliphatic rings. The lowest BCUT2D eigenvalue weighted by molar-refractivity contribution is 0.660. The van der Waals surface area contributed by atoms with Crippen LogP contribution in [0.1, 0.15) is 47.2 Å². The molecule has 0 saturated carbocycles. The van der Waals surface area contributed by atoms with Crippen molar-refractivity contribution in [2.45, 2.75) is 24.7 Å². The predicted octanol–water partition coefficient (Wildman–Crippen LogP) is 13.5. The minimum Gasteiger partial charge on any atom is -0.311 e. The van der Waals surface area contributed by atoms with E-state index >= 15 is 0 Å². The average molecular weight is 676 g/mol. The monoisotopic (exact) mass is 675 g/mol. The third-order valence-electron chi connectivity index (χ3n) is 12.3. The number of nitrogens with zero attached hydrogens (tertiary/aromatic N) is 1. The van der Waals surface area contributed by atoms with Gasteiger partial charge in [-0.15, -0.1) is 0 Å². The molecule has 0 bridgehead atoms. The minimum absolute atomic E-state index is 0.0624. The Morgan fingerprint density at radius 2 is 0.774 bits per heavy atom. The molecule has 1 atom stereocenters. The van der Waals surface area contributed by atoms with Crippen molar-refractivity contribution in [1.29, 1.82) is 0 Å². The number of fused-ring (bicyclic) bond motifs is 14. The van der Waals surface area contributed by atoms with E-state index in [4.69, 9.17) is 0 Å². The van der Waals surface area contributed by atoms with Crippen LogP contribution in [0.15, 0.2) is 188 Å². The quantitative estimate of drug-likeness (QED) is 0.179. The van der Waals surface area contributed by atoms with Gasteiger partial charge in [0.05, 0.1) is 5.41 Å². The SMILES string of the molecule is CC1(C)c2ccccc2-c2c1ccc1c2-c2ccccc2C12c1ccccc1-c1ccc(-c3ccc(N(c4ccccc4)c4ccccc4)cc3)cc12. The van der Waals surface area contributed by atoms with Crippen LogP contribution in [0.5, 0.6) is 0 Å². The first-order chi connectivity index (χ1) is 26.1. The molecule has 0 saturated heterocycles. The molecule has 0 aromatic heterocycles. The Labute approximate surface area is 311 Å². The first kappa shape index (κ1) is 30.2. The van der Waals surface area contributed by atoms with Crippen molar-refractivity contribution >= 4 is 17.1 Å². The van der Waals surface area contributed by atoms with Gasteiger partial charge in [0.15, 0.2) is 0 Å². The van der Waals surface area contributed by atoms with Gasteiger partial charge in [-0.25, -0.2) is 0 Å². The van der Waals surface area contributed by atoms with Gasteiger partial charge in [0.25, 0.3) is 0 Å². The van der Waals surface area contributed by atoms with Gasteiger partial charge >= 0.3 is 0 Å². The van der Waals surface area contributed by atoms with Crippen LogP contribution in [-0.4, -0.2) is 0 Å². The Hall–Kier alpha value is -6.44. The second-order valence-corrected chi connectivity index (χ2v) is 15.2. The van der Waals surface area contributed by atoms with Crippen LogP contribution in [0.25, 0.3) is 44.5 Å². The van der Waals surface area contributed by atoms with E-state index in [2.05, 4.69) is 207 Å². The smallest absolute Gasteiger partial charge is 0.0725 e.